The molecule has 0 aliphatic heterocycles. The maximum atomic E-state index is 12.9. The highest BCUT2D eigenvalue weighted by molar-refractivity contribution is 5.60. The number of aromatic amines is 1. The van der Waals surface area contributed by atoms with Gasteiger partial charge in [-0.25, -0.2) is 9.50 Å². The lowest BCUT2D eigenvalue weighted by Crippen LogP contribution is -2.26. The molecule has 2 heterocycles. The number of nitrogens with zero attached hydrogens (tertiary/aromatic N) is 3. The maximum absolute atomic E-state index is 12.9. The van der Waals surface area contributed by atoms with Gasteiger partial charge in [0, 0.05) is 17.2 Å². The Morgan fingerprint density at radius 1 is 1.14 bits per heavy atom. The highest BCUT2D eigenvalue weighted by Crippen LogP contribution is 2.43. The van der Waals surface area contributed by atoms with Gasteiger partial charge in [0.1, 0.15) is 5.82 Å². The molecule has 6 heteroatoms. The van der Waals surface area contributed by atoms with Gasteiger partial charge in [0.05, 0.1) is 5.69 Å². The number of anilines is 1. The molecule has 6 nitrogen and oxygen atoms in total. The average molecular weight is 394 g/mol. The monoisotopic (exact) mass is 393 g/mol. The predicted octanol–water partition coefficient (Wildman–Crippen LogP) is 4.55. The fraction of sp³-hybridized carbons (Fsp3) is 0.522. The molecule has 29 heavy (non-hydrogen) atoms. The third-order valence-corrected chi connectivity index (χ3v) is 6.43. The second-order valence-corrected chi connectivity index (χ2v) is 9.37. The number of nitrogens with two attached hydrogens (primary N) is 1. The van der Waals surface area contributed by atoms with Gasteiger partial charge in [-0.15, -0.1) is 5.10 Å². The van der Waals surface area contributed by atoms with Gasteiger partial charge < -0.3 is 10.7 Å². The maximum Gasteiger partial charge on any atom is 0.277 e. The van der Waals surface area contributed by atoms with Crippen molar-refractivity contribution in [2.24, 2.45) is 11.3 Å². The van der Waals surface area contributed by atoms with Crippen LogP contribution in [0.4, 0.5) is 5.69 Å². The van der Waals surface area contributed by atoms with Gasteiger partial charge in [-0.2, -0.15) is 0 Å². The molecular weight excluding hydrogens is 362 g/mol. The van der Waals surface area contributed by atoms with E-state index in [0.717, 1.165) is 35.8 Å². The summed E-state index contributed by atoms with van der Waals surface area (Å²) >= 11 is 0. The second-order valence-electron chi connectivity index (χ2n) is 9.37. The number of aryl methyl sites for hydroxylation is 1. The molecule has 3 aromatic rings. The van der Waals surface area contributed by atoms with Crippen molar-refractivity contribution in [1.29, 1.82) is 0 Å². The van der Waals surface area contributed by atoms with Crippen LogP contribution in [0.2, 0.25) is 0 Å². The molecule has 2 aromatic heterocycles. The van der Waals surface area contributed by atoms with Crippen molar-refractivity contribution in [3.05, 3.63) is 46.1 Å². The smallest absolute Gasteiger partial charge is 0.277 e. The Labute approximate surface area is 171 Å². The second kappa shape index (κ2) is 7.32. The summed E-state index contributed by atoms with van der Waals surface area (Å²) in [4.78, 5) is 20.7. The topological polar surface area (TPSA) is 89.1 Å². The number of H-pyrrole nitrogens is 1. The van der Waals surface area contributed by atoms with Crippen molar-refractivity contribution in [2.45, 2.75) is 65.7 Å². The first-order valence-electron chi connectivity index (χ1n) is 10.7. The average Bonchev–Trinajstić information content (AvgIpc) is 3.07. The number of hydrogen-bond acceptors (Lipinski definition) is 4. The van der Waals surface area contributed by atoms with Crippen LogP contribution in [0, 0.1) is 11.3 Å². The number of nitrogen functional groups attached to an aromatic ring is 1. The minimum atomic E-state index is -0.134. The van der Waals surface area contributed by atoms with Crippen LogP contribution in [-0.2, 0) is 6.42 Å². The standard InChI is InChI=1S/C23H31N5O/c1-5-18-19-22(29)26-20(14-8-12-17(24)13-9-14)27-28(19)21(25-18)15-6-10-16(11-7-15)23(2,3)4/h8-9,12-13,15-16H,5-7,10-11,24H2,1-4H3,(H,26,27,29)/t15-,16+. The zero-order valence-corrected chi connectivity index (χ0v) is 17.8. The van der Waals surface area contributed by atoms with Gasteiger partial charge in [0.15, 0.2) is 11.3 Å². The number of hydrogen-bond donors (Lipinski definition) is 2. The van der Waals surface area contributed by atoms with Crippen molar-refractivity contribution in [3.8, 4) is 11.4 Å². The lowest BCUT2D eigenvalue weighted by atomic mass is 9.70. The molecule has 1 aliphatic rings. The van der Waals surface area contributed by atoms with E-state index in [-0.39, 0.29) is 5.56 Å². The van der Waals surface area contributed by atoms with E-state index in [1.165, 1.54) is 12.8 Å². The Hall–Kier alpha value is -2.63. The molecule has 1 fully saturated rings. The summed E-state index contributed by atoms with van der Waals surface area (Å²) in [5.41, 5.74) is 8.94. The van der Waals surface area contributed by atoms with Crippen LogP contribution in [0.25, 0.3) is 16.9 Å². The Morgan fingerprint density at radius 3 is 2.38 bits per heavy atom. The first kappa shape index (κ1) is 19.7. The fourth-order valence-electron chi connectivity index (χ4n) is 4.59. The van der Waals surface area contributed by atoms with Crippen LogP contribution in [0.5, 0.6) is 0 Å². The molecule has 0 unspecified atom stereocenters. The predicted molar refractivity (Wildman–Crippen MR) is 117 cm³/mol. The van der Waals surface area contributed by atoms with E-state index in [4.69, 9.17) is 15.8 Å². The minimum absolute atomic E-state index is 0.134. The third kappa shape index (κ3) is 3.68. The third-order valence-electron chi connectivity index (χ3n) is 6.43. The molecule has 0 atom stereocenters. The Kier molecular flexibility index (Phi) is 4.97. The van der Waals surface area contributed by atoms with E-state index < -0.39 is 0 Å². The SMILES string of the molecule is CCc1nc([C@H]2CC[C@@H](C(C)(C)C)CC2)n2nc(-c3ccc(N)cc3)[nH]c(=O)c12. The highest BCUT2D eigenvalue weighted by atomic mass is 16.1. The van der Waals surface area contributed by atoms with Crippen LogP contribution in [-0.4, -0.2) is 19.6 Å². The molecule has 0 radical (unpaired) electrons. The summed E-state index contributed by atoms with van der Waals surface area (Å²) in [5.74, 6) is 2.56. The lowest BCUT2D eigenvalue weighted by molar-refractivity contribution is 0.167. The molecule has 4 rings (SSSR count). The van der Waals surface area contributed by atoms with E-state index in [9.17, 15) is 4.79 Å². The first-order valence-corrected chi connectivity index (χ1v) is 10.7. The van der Waals surface area contributed by atoms with Gasteiger partial charge >= 0.3 is 0 Å². The molecule has 1 saturated carbocycles. The summed E-state index contributed by atoms with van der Waals surface area (Å²) in [6.07, 6.45) is 5.29. The van der Waals surface area contributed by atoms with Crippen molar-refractivity contribution < 1.29 is 0 Å². The molecule has 154 valence electrons. The van der Waals surface area contributed by atoms with Gasteiger partial charge in [-0.3, -0.25) is 4.79 Å². The summed E-state index contributed by atoms with van der Waals surface area (Å²) in [6.45, 7) is 9.03. The number of nitrogens with one attached hydrogen (secondary N) is 1. The van der Waals surface area contributed by atoms with Crippen molar-refractivity contribution >= 4 is 11.2 Å². The lowest BCUT2D eigenvalue weighted by Gasteiger charge is -2.36. The summed E-state index contributed by atoms with van der Waals surface area (Å²) in [5, 5.41) is 4.81. The van der Waals surface area contributed by atoms with Gasteiger partial charge in [-0.1, -0.05) is 27.7 Å². The highest BCUT2D eigenvalue weighted by Gasteiger charge is 2.32. The minimum Gasteiger partial charge on any atom is -0.399 e. The molecule has 0 amide bonds. The number of imidazole rings is 1. The number of fused-ring (bicyclic) bond motifs is 1. The van der Waals surface area contributed by atoms with Crippen molar-refractivity contribution in [2.75, 3.05) is 5.73 Å². The van der Waals surface area contributed by atoms with Gasteiger partial charge in [0.2, 0.25) is 0 Å². The van der Waals surface area contributed by atoms with Crippen LogP contribution < -0.4 is 11.3 Å². The molecule has 3 N–H and O–H groups in total. The molecule has 1 aromatic carbocycles. The molecule has 0 bridgehead atoms. The van der Waals surface area contributed by atoms with Crippen LogP contribution in [0.3, 0.4) is 0 Å². The van der Waals surface area contributed by atoms with Crippen molar-refractivity contribution in [3.63, 3.8) is 0 Å². The number of rotatable bonds is 3. The Morgan fingerprint density at radius 2 is 1.79 bits per heavy atom. The normalized spacial score (nSPS) is 20.3. The van der Waals surface area contributed by atoms with Crippen LogP contribution in [0.15, 0.2) is 29.1 Å². The zero-order chi connectivity index (χ0) is 20.8. The van der Waals surface area contributed by atoms with Crippen LogP contribution in [0.1, 0.15) is 70.8 Å². The van der Waals surface area contributed by atoms with Gasteiger partial charge in [-0.05, 0) is 67.7 Å². The molecule has 1 aliphatic carbocycles. The van der Waals surface area contributed by atoms with Crippen molar-refractivity contribution in [1.82, 2.24) is 19.6 Å². The molecular formula is C23H31N5O. The summed E-state index contributed by atoms with van der Waals surface area (Å²) in [7, 11) is 0. The summed E-state index contributed by atoms with van der Waals surface area (Å²) < 4.78 is 1.81. The fourth-order valence-corrected chi connectivity index (χ4v) is 4.59. The number of benzene rings is 1. The van der Waals surface area contributed by atoms with E-state index in [1.807, 2.05) is 35.7 Å². The van der Waals surface area contributed by atoms with Gasteiger partial charge in [0.25, 0.3) is 5.56 Å². The molecule has 0 saturated heterocycles. The Bertz CT molecular complexity index is 1060. The Balaban J connectivity index is 1.76. The molecule has 0 spiro atoms. The first-order chi connectivity index (χ1) is 13.8. The van der Waals surface area contributed by atoms with E-state index in [1.54, 1.807) is 0 Å². The van der Waals surface area contributed by atoms with E-state index >= 15 is 0 Å². The quantitative estimate of drug-likeness (QED) is 0.639. The largest absolute Gasteiger partial charge is 0.399 e. The number of aromatic nitrogens is 4. The van der Waals surface area contributed by atoms with E-state index in [0.29, 0.717) is 34.8 Å². The van der Waals surface area contributed by atoms with Crippen LogP contribution >= 0.6 is 0 Å². The zero-order valence-electron chi connectivity index (χ0n) is 17.8. The van der Waals surface area contributed by atoms with E-state index in [2.05, 4.69) is 25.8 Å². The summed E-state index contributed by atoms with van der Waals surface area (Å²) in [6, 6.07) is 7.40.